The van der Waals surface area contributed by atoms with Gasteiger partial charge in [0.05, 0.1) is 70.2 Å². The van der Waals surface area contributed by atoms with Gasteiger partial charge in [-0.05, 0) is 162 Å². The van der Waals surface area contributed by atoms with E-state index < -0.39 is 0 Å². The van der Waals surface area contributed by atoms with Gasteiger partial charge in [-0.2, -0.15) is 10.2 Å². The van der Waals surface area contributed by atoms with Gasteiger partial charge in [-0.1, -0.05) is 36.2 Å². The van der Waals surface area contributed by atoms with Crippen LogP contribution < -0.4 is 33.4 Å². The van der Waals surface area contributed by atoms with Crippen molar-refractivity contribution in [1.29, 1.82) is 0 Å². The average Bonchev–Trinajstić information content (AvgIpc) is 1.82. The Morgan fingerprint density at radius 1 is 0.605 bits per heavy atom. The molecule has 0 amide bonds. The van der Waals surface area contributed by atoms with Gasteiger partial charge in [0.25, 0.3) is 0 Å². The molecule has 20 heteroatoms. The number of halogens is 5. The Hall–Kier alpha value is -6.48. The van der Waals surface area contributed by atoms with E-state index in [4.69, 9.17) is 61.0 Å². The van der Waals surface area contributed by atoms with Gasteiger partial charge in [-0.3, -0.25) is 9.36 Å². The van der Waals surface area contributed by atoms with Crippen molar-refractivity contribution in [3.05, 3.63) is 152 Å². The van der Waals surface area contributed by atoms with E-state index in [1.165, 1.54) is 62.7 Å². The maximum atomic E-state index is 13.9. The van der Waals surface area contributed by atoms with Crippen LogP contribution in [-0.4, -0.2) is 77.8 Å². The summed E-state index contributed by atoms with van der Waals surface area (Å²) in [6, 6.07) is 22.8. The van der Waals surface area contributed by atoms with Crippen molar-refractivity contribution in [3.8, 4) is 5.75 Å². The Labute approximate surface area is 514 Å². The van der Waals surface area contributed by atoms with E-state index >= 15 is 0 Å². The van der Waals surface area contributed by atoms with Crippen molar-refractivity contribution in [2.75, 3.05) is 26.5 Å². The Balaban J connectivity index is 0.000000119. The quantitative estimate of drug-likeness (QED) is 0.0691. The number of ether oxygens (including phenoxy) is 1. The zero-order valence-electron chi connectivity index (χ0n) is 50.0. The van der Waals surface area contributed by atoms with Crippen LogP contribution in [0.1, 0.15) is 86.5 Å². The normalized spacial score (nSPS) is 14.4. The van der Waals surface area contributed by atoms with Crippen LogP contribution in [-0.2, 0) is 77.7 Å². The first-order chi connectivity index (χ1) is 41.5. The highest BCUT2D eigenvalue weighted by atomic mass is 35.5. The van der Waals surface area contributed by atoms with Gasteiger partial charge in [-0.15, -0.1) is 11.8 Å². The summed E-state index contributed by atoms with van der Waals surface area (Å²) in [5.41, 5.74) is 42.9. The van der Waals surface area contributed by atoms with Crippen molar-refractivity contribution in [3.63, 3.8) is 0 Å². The molecule has 0 unspecified atom stereocenters. The Bertz CT molecular complexity index is 4200. The standard InChI is InChI=1S/C15H19FN2O.C14H17N3O.2C13H14ClFN2.C11H15N3S/c1-9(17)8-18-13-5-3-4-10(13)11-6-12(16)15(19-2)7-14(11)18;1-3-11-6-12-13(18-11)5-4-10-7-16-17(14(10)12)8-9(2)15;14-10-7-13-9(6-11(10)15)8-2-1-3-12(8)17(13)5-4-16;14-13-9(15)4-5-11-12(13)8-2-1-3-10(8)17(11)7-6-16;1-8(12)7-14-11-5-10(15-2)4-3-9(11)6-13-14/h6-7,9H,3-5,8,17H2,1-2H3;4-7,9H,3,8,15H2,1-2H3;6-7H,1-5,16H2;4-5H,1-3,6-7,16H2;3-6,8H,7,12H2,1-2H3/t2*9-;;;8-/m00..0/s1. The van der Waals surface area contributed by atoms with E-state index in [2.05, 4.69) is 61.3 Å². The summed E-state index contributed by atoms with van der Waals surface area (Å²) in [4.78, 5) is 1.26. The molecule has 14 nitrogen and oxygen atoms in total. The largest absolute Gasteiger partial charge is 0.494 e. The van der Waals surface area contributed by atoms with Gasteiger partial charge >= 0.3 is 0 Å². The van der Waals surface area contributed by atoms with Crippen LogP contribution in [0.25, 0.3) is 65.5 Å². The molecule has 86 heavy (non-hydrogen) atoms. The van der Waals surface area contributed by atoms with E-state index in [9.17, 15) is 13.2 Å². The van der Waals surface area contributed by atoms with Crippen LogP contribution in [0.3, 0.4) is 0 Å². The first-order valence-corrected chi connectivity index (χ1v) is 31.8. The topological polar surface area (TPSA) is 203 Å². The molecule has 6 aromatic heterocycles. The van der Waals surface area contributed by atoms with E-state index in [0.29, 0.717) is 18.8 Å². The third kappa shape index (κ3) is 12.8. The summed E-state index contributed by atoms with van der Waals surface area (Å²) in [5.74, 6) is 0.348. The van der Waals surface area contributed by atoms with Crippen LogP contribution in [0, 0.1) is 17.5 Å². The molecule has 5 aromatic carbocycles. The molecule has 456 valence electrons. The van der Waals surface area contributed by atoms with Crippen LogP contribution in [0.5, 0.6) is 5.75 Å². The van der Waals surface area contributed by atoms with Crippen LogP contribution in [0.15, 0.2) is 94.5 Å². The SMILES string of the molecule is CCc1cc2c(ccc3cnn(C[C@H](C)N)c32)o1.COc1cc2c(cc1F)c1c(n2C[C@H](C)N)CCC1.CSc1ccc2cnn(C[C@H](C)N)c2c1.NCCn1c2c(c3c(Cl)c(F)ccc31)CCC2.NCCn1c2c(c3cc(F)c(Cl)cc31)CCC2. The van der Waals surface area contributed by atoms with Gasteiger partial charge in [0.2, 0.25) is 0 Å². The predicted molar refractivity (Wildman–Crippen MR) is 348 cm³/mol. The minimum absolute atomic E-state index is 0.0800. The van der Waals surface area contributed by atoms with Crippen LogP contribution in [0.2, 0.25) is 10.0 Å². The lowest BCUT2D eigenvalue weighted by Gasteiger charge is -2.13. The maximum Gasteiger partial charge on any atom is 0.165 e. The molecule has 3 aliphatic rings. The lowest BCUT2D eigenvalue weighted by molar-refractivity contribution is 0.387. The molecule has 0 spiro atoms. The molecule has 0 fully saturated rings. The summed E-state index contributed by atoms with van der Waals surface area (Å²) in [7, 11) is 1.50. The summed E-state index contributed by atoms with van der Waals surface area (Å²) in [5, 5.41) is 15.6. The summed E-state index contributed by atoms with van der Waals surface area (Å²) < 4.78 is 62.4. The molecule has 3 atom stereocenters. The van der Waals surface area contributed by atoms with E-state index in [0.717, 1.165) is 157 Å². The third-order valence-electron chi connectivity index (χ3n) is 16.4. The summed E-state index contributed by atoms with van der Waals surface area (Å²) in [6.07, 6.45) is 16.4. The number of rotatable bonds is 13. The number of hydrogen-bond acceptors (Lipinski definition) is 10. The zero-order chi connectivity index (χ0) is 61.1. The molecule has 14 rings (SSSR count). The van der Waals surface area contributed by atoms with Crippen molar-refractivity contribution < 1.29 is 22.3 Å². The minimum Gasteiger partial charge on any atom is -0.494 e. The van der Waals surface area contributed by atoms with Gasteiger partial charge in [0.1, 0.15) is 23.0 Å². The molecule has 0 bridgehead atoms. The molecular weight excluding hydrogens is 1150 g/mol. The second-order valence-corrected chi connectivity index (χ2v) is 24.5. The van der Waals surface area contributed by atoms with Crippen molar-refractivity contribution in [1.82, 2.24) is 33.3 Å². The number of nitrogens with two attached hydrogens (primary N) is 5. The lowest BCUT2D eigenvalue weighted by atomic mass is 10.1. The number of fused-ring (bicyclic) bond motifs is 13. The average molecular weight is 1230 g/mol. The molecule has 11 aromatic rings. The number of nitrogens with zero attached hydrogens (tertiary/aromatic N) is 7. The number of hydrogen-bond donors (Lipinski definition) is 5. The molecule has 6 heterocycles. The van der Waals surface area contributed by atoms with Gasteiger partial charge in [0.15, 0.2) is 11.6 Å². The zero-order valence-corrected chi connectivity index (χ0v) is 52.3. The van der Waals surface area contributed by atoms with Crippen molar-refractivity contribution >= 4 is 100 Å². The molecular formula is C66H79Cl2F3N12O2S. The fourth-order valence-electron chi connectivity index (χ4n) is 12.8. The van der Waals surface area contributed by atoms with Gasteiger partial charge in [-0.25, -0.2) is 13.2 Å². The van der Waals surface area contributed by atoms with Crippen molar-refractivity contribution in [2.24, 2.45) is 28.7 Å². The summed E-state index contributed by atoms with van der Waals surface area (Å²) >= 11 is 13.7. The number of benzene rings is 5. The van der Waals surface area contributed by atoms with Gasteiger partial charge < -0.3 is 51.5 Å². The van der Waals surface area contributed by atoms with Crippen LogP contribution >= 0.6 is 35.0 Å². The van der Waals surface area contributed by atoms with Crippen LogP contribution in [0.4, 0.5) is 13.2 Å². The Morgan fingerprint density at radius 2 is 1.17 bits per heavy atom. The highest BCUT2D eigenvalue weighted by molar-refractivity contribution is 7.98. The summed E-state index contributed by atoms with van der Waals surface area (Å²) in [6.45, 7) is 13.0. The minimum atomic E-state index is -0.334. The second kappa shape index (κ2) is 27.3. The smallest absolute Gasteiger partial charge is 0.165 e. The van der Waals surface area contributed by atoms with Gasteiger partial charge in [0, 0.05) is 118 Å². The molecule has 0 aliphatic heterocycles. The number of thioether (sulfide) groups is 1. The number of aryl methyl sites for hydroxylation is 4. The Kier molecular flexibility index (Phi) is 19.8. The van der Waals surface area contributed by atoms with E-state index in [1.807, 2.05) is 60.7 Å². The molecule has 0 saturated carbocycles. The monoisotopic (exact) mass is 1230 g/mol. The fourth-order valence-corrected chi connectivity index (χ4v) is 13.6. The third-order valence-corrected chi connectivity index (χ3v) is 17.8. The Morgan fingerprint density at radius 3 is 1.80 bits per heavy atom. The first-order valence-electron chi connectivity index (χ1n) is 29.8. The second-order valence-electron chi connectivity index (χ2n) is 22.9. The number of furan rings is 1. The molecule has 10 N–H and O–H groups in total. The number of aromatic nitrogens is 7. The maximum absolute atomic E-state index is 13.9. The fraction of sp³-hybridized carbons (Fsp3) is 0.394. The van der Waals surface area contributed by atoms with Crippen molar-refractivity contribution in [2.45, 2.75) is 148 Å². The lowest BCUT2D eigenvalue weighted by Crippen LogP contribution is -2.23. The molecule has 0 radical (unpaired) electrons. The highest BCUT2D eigenvalue weighted by Gasteiger charge is 2.26. The first kappa shape index (κ1) is 62.6. The predicted octanol–water partition coefficient (Wildman–Crippen LogP) is 13.2. The van der Waals surface area contributed by atoms with E-state index in [-0.39, 0.29) is 45.6 Å². The molecule has 3 aliphatic carbocycles. The van der Waals surface area contributed by atoms with E-state index in [1.54, 1.807) is 36.0 Å². The molecule has 0 saturated heterocycles. The highest BCUT2D eigenvalue weighted by Crippen LogP contribution is 2.40. The number of methoxy groups -OCH3 is 1.